The molecular weight excluding hydrogens is 1230 g/mol. The van der Waals surface area contributed by atoms with Gasteiger partial charge in [0.2, 0.25) is 0 Å². The van der Waals surface area contributed by atoms with E-state index in [1.807, 2.05) is 0 Å². The van der Waals surface area contributed by atoms with E-state index in [9.17, 15) is 0 Å². The van der Waals surface area contributed by atoms with E-state index < -0.39 is 16.1 Å². The number of hydrogen-bond acceptors (Lipinski definition) is 3. The van der Waals surface area contributed by atoms with Gasteiger partial charge in [-0.05, 0) is 152 Å². The minimum Gasteiger partial charge on any atom is -0.311 e. The third-order valence-corrected chi connectivity index (χ3v) is 31.0. The van der Waals surface area contributed by atoms with Crippen molar-refractivity contribution in [2.45, 2.75) is 19.3 Å². The van der Waals surface area contributed by atoms with Crippen LogP contribution >= 0.6 is 0 Å². The van der Waals surface area contributed by atoms with Gasteiger partial charge < -0.3 is 14.7 Å². The highest BCUT2D eigenvalue weighted by atomic mass is 28.3. The third-order valence-electron chi connectivity index (χ3n) is 21.5. The minimum atomic E-state index is -3.06. The van der Waals surface area contributed by atoms with E-state index in [4.69, 9.17) is 0 Å². The molecule has 0 fully saturated rings. The van der Waals surface area contributed by atoms with Gasteiger partial charge in [-0.3, -0.25) is 0 Å². The molecule has 0 amide bonds. The first-order valence-electron chi connectivity index (χ1n) is 34.6. The zero-order chi connectivity index (χ0) is 66.1. The summed E-state index contributed by atoms with van der Waals surface area (Å²) in [6, 6.07) is 147. The van der Waals surface area contributed by atoms with Crippen molar-refractivity contribution < 1.29 is 0 Å². The number of fused-ring (bicyclic) bond motifs is 6. The van der Waals surface area contributed by atoms with Crippen LogP contribution in [0, 0.1) is 0 Å². The molecule has 15 aromatic rings. The molecule has 0 N–H and O–H groups in total. The van der Waals surface area contributed by atoms with Crippen LogP contribution in [0.4, 0.5) is 51.2 Å². The number of rotatable bonds is 13. The summed E-state index contributed by atoms with van der Waals surface area (Å²) < 4.78 is 0. The van der Waals surface area contributed by atoms with Gasteiger partial charge in [0.25, 0.3) is 6.71 Å². The quantitative estimate of drug-likeness (QED) is 0.0841. The van der Waals surface area contributed by atoms with Gasteiger partial charge in [0.05, 0.1) is 17.1 Å². The summed E-state index contributed by atoms with van der Waals surface area (Å²) in [5.74, 6) is 0. The predicted molar refractivity (Wildman–Crippen MR) is 425 cm³/mol. The van der Waals surface area contributed by atoms with E-state index in [0.29, 0.717) is 0 Å². The summed E-state index contributed by atoms with van der Waals surface area (Å²) in [5.41, 5.74) is 20.9. The Labute approximate surface area is 583 Å². The average Bonchev–Trinajstić information content (AvgIpc) is 0.692. The molecule has 3 nitrogen and oxygen atoms in total. The summed E-state index contributed by atoms with van der Waals surface area (Å²) in [6.07, 6.45) is 0. The smallest absolute Gasteiger partial charge is 0.252 e. The maximum absolute atomic E-state index is 3.06. The highest BCUT2D eigenvalue weighted by molar-refractivity contribution is 7.20. The molecule has 3 aliphatic heterocycles. The van der Waals surface area contributed by atoms with Crippen LogP contribution in [0.1, 0.15) is 25.0 Å². The second kappa shape index (κ2) is 24.4. The Morgan fingerprint density at radius 3 is 0.859 bits per heavy atom. The molecule has 0 saturated heterocycles. The second-order valence-corrected chi connectivity index (χ2v) is 34.7. The molecule has 3 heterocycles. The number of hydrogen-bond donors (Lipinski definition) is 0. The normalized spacial score (nSPS) is 13.4. The average molecular weight is 1300 g/mol. The van der Waals surface area contributed by atoms with E-state index in [2.05, 4.69) is 417 Å². The van der Waals surface area contributed by atoms with Crippen LogP contribution in [-0.4, -0.2) is 22.9 Å². The molecule has 18 rings (SSSR count). The molecule has 3 aliphatic rings. The Morgan fingerprint density at radius 1 is 0.222 bits per heavy atom. The fraction of sp³-hybridized carbons (Fsp3) is 0.0323. The van der Waals surface area contributed by atoms with Gasteiger partial charge >= 0.3 is 0 Å². The van der Waals surface area contributed by atoms with Crippen LogP contribution in [0.5, 0.6) is 0 Å². The van der Waals surface area contributed by atoms with Crippen molar-refractivity contribution in [1.82, 2.24) is 0 Å². The molecule has 99 heavy (non-hydrogen) atoms. The van der Waals surface area contributed by atoms with E-state index in [1.165, 1.54) is 91.5 Å². The molecule has 0 unspecified atom stereocenters. The minimum absolute atomic E-state index is 0.180. The van der Waals surface area contributed by atoms with Gasteiger partial charge in [-0.15, -0.1) is 0 Å². The molecule has 15 aromatic carbocycles. The molecule has 0 radical (unpaired) electrons. The molecule has 0 bridgehead atoms. The maximum Gasteiger partial charge on any atom is 0.252 e. The zero-order valence-corrected chi connectivity index (χ0v) is 57.4. The summed E-state index contributed by atoms with van der Waals surface area (Å²) in [7, 11) is -6.13. The molecule has 0 saturated carbocycles. The number of anilines is 9. The first kappa shape index (κ1) is 59.7. The van der Waals surface area contributed by atoms with Gasteiger partial charge in [0.15, 0.2) is 16.1 Å². The van der Waals surface area contributed by atoms with E-state index in [1.54, 1.807) is 0 Å². The van der Waals surface area contributed by atoms with E-state index in [-0.39, 0.29) is 12.1 Å². The standard InChI is InChI=1S/C93H70BN3Si2/c1-93(2)82-53-27-29-55-86(82)97(87-56-30-28-54-83(87)93)73-65-90-92-91(66-73)96(72-38-32-52-81(64-72)99(77-45-21-8-22-46-77,78-47-23-9-24-48-78)79-49-25-10-26-50-79)89-62-70(68-35-13-4-14-36-68)58-60-85(89)94(92)84-59-57-69(67-33-11-3-12-34-67)61-88(84)95(90)71-37-31-51-80(63-71)98(74-39-15-5-16-40-74,75-41-17-6-18-42-75)76-43-19-7-20-44-76/h3-66H,1-2H3. The Bertz CT molecular complexity index is 4960. The van der Waals surface area contributed by atoms with Gasteiger partial charge in [0.1, 0.15) is 0 Å². The molecule has 0 spiro atoms. The van der Waals surface area contributed by atoms with Crippen molar-refractivity contribution in [3.05, 3.63) is 399 Å². The lowest BCUT2D eigenvalue weighted by atomic mass is 9.33. The summed E-state index contributed by atoms with van der Waals surface area (Å²) >= 11 is 0. The van der Waals surface area contributed by atoms with Crippen LogP contribution in [-0.2, 0) is 5.41 Å². The van der Waals surface area contributed by atoms with Crippen LogP contribution in [0.25, 0.3) is 22.3 Å². The van der Waals surface area contributed by atoms with Crippen LogP contribution in [0.3, 0.4) is 0 Å². The zero-order valence-electron chi connectivity index (χ0n) is 55.4. The Balaban J connectivity index is 0.977. The first-order valence-corrected chi connectivity index (χ1v) is 38.6. The summed E-state index contributed by atoms with van der Waals surface area (Å²) in [6.45, 7) is 4.60. The van der Waals surface area contributed by atoms with Gasteiger partial charge in [-0.25, -0.2) is 0 Å². The lowest BCUT2D eigenvalue weighted by molar-refractivity contribution is 0.632. The molecule has 468 valence electrons. The largest absolute Gasteiger partial charge is 0.311 e. The fourth-order valence-corrected chi connectivity index (χ4v) is 26.7. The van der Waals surface area contributed by atoms with Crippen molar-refractivity contribution >= 4 is 132 Å². The number of benzene rings is 15. The Kier molecular flexibility index (Phi) is 14.7. The summed E-state index contributed by atoms with van der Waals surface area (Å²) in [5, 5.41) is 10.6. The first-order chi connectivity index (χ1) is 48.9. The highest BCUT2D eigenvalue weighted by Crippen LogP contribution is 2.55. The summed E-state index contributed by atoms with van der Waals surface area (Å²) in [4.78, 5) is 7.89. The highest BCUT2D eigenvalue weighted by Gasteiger charge is 2.48. The van der Waals surface area contributed by atoms with Crippen molar-refractivity contribution in [2.75, 3.05) is 14.7 Å². The molecule has 0 atom stereocenters. The number of nitrogens with zero attached hydrogens (tertiary/aromatic N) is 3. The van der Waals surface area contributed by atoms with Crippen molar-refractivity contribution in [2.24, 2.45) is 0 Å². The molecule has 0 aromatic heterocycles. The van der Waals surface area contributed by atoms with Crippen molar-refractivity contribution in [1.29, 1.82) is 0 Å². The van der Waals surface area contributed by atoms with Crippen LogP contribution in [0.15, 0.2) is 388 Å². The maximum atomic E-state index is 2.66. The van der Waals surface area contributed by atoms with Crippen LogP contribution in [0.2, 0.25) is 0 Å². The van der Waals surface area contributed by atoms with Crippen molar-refractivity contribution in [3.8, 4) is 22.3 Å². The van der Waals surface area contributed by atoms with Crippen molar-refractivity contribution in [3.63, 3.8) is 0 Å². The van der Waals surface area contributed by atoms with Gasteiger partial charge in [-0.1, -0.05) is 341 Å². The SMILES string of the molecule is CC1(C)c2ccccc2N(c2cc3c4c(c2)N(c2cccc([Si](c5ccccc5)(c5ccccc5)c5ccccc5)c2)c2cc(-c5ccccc5)ccc2B4c2ccc(-c4ccccc4)cc2N3c2cccc([Si](c3ccccc3)(c3ccccc3)c3ccccc3)c2)c2ccccc21. The van der Waals surface area contributed by atoms with Gasteiger partial charge in [-0.2, -0.15) is 0 Å². The predicted octanol–water partition coefficient (Wildman–Crippen LogP) is 16.0. The topological polar surface area (TPSA) is 9.72 Å². The van der Waals surface area contributed by atoms with Gasteiger partial charge in [0, 0.05) is 39.5 Å². The monoisotopic (exact) mass is 1300 g/mol. The lowest BCUT2D eigenvalue weighted by Gasteiger charge is -2.46. The number of para-hydroxylation sites is 2. The fourth-order valence-electron chi connectivity index (χ4n) is 17.1. The molecular formula is C93H70BN3Si2. The Morgan fingerprint density at radius 2 is 0.515 bits per heavy atom. The molecule has 6 heteroatoms. The third kappa shape index (κ3) is 9.61. The van der Waals surface area contributed by atoms with E-state index in [0.717, 1.165) is 50.9 Å². The van der Waals surface area contributed by atoms with Crippen LogP contribution < -0.4 is 72.6 Å². The van der Waals surface area contributed by atoms with E-state index >= 15 is 0 Å². The Hall–Kier alpha value is -11.8. The second-order valence-electron chi connectivity index (χ2n) is 27.1. The lowest BCUT2D eigenvalue weighted by Crippen LogP contribution is -2.74. The molecule has 0 aliphatic carbocycles.